The van der Waals surface area contributed by atoms with E-state index in [4.69, 9.17) is 4.74 Å². The maximum absolute atomic E-state index is 11.5. The summed E-state index contributed by atoms with van der Waals surface area (Å²) in [7, 11) is 0. The Morgan fingerprint density at radius 3 is 2.68 bits per heavy atom. The van der Waals surface area contributed by atoms with Gasteiger partial charge in [0, 0.05) is 24.5 Å². The maximum Gasteiger partial charge on any atom is 0.217 e. The lowest BCUT2D eigenvalue weighted by molar-refractivity contribution is -0.119. The second kappa shape index (κ2) is 6.29. The highest BCUT2D eigenvalue weighted by molar-refractivity contribution is 5.73. The summed E-state index contributed by atoms with van der Waals surface area (Å²) in [6.07, 6.45) is 1.03. The van der Waals surface area contributed by atoms with Crippen LogP contribution in [-0.2, 0) is 11.2 Å². The van der Waals surface area contributed by atoms with Crippen LogP contribution in [0.2, 0.25) is 0 Å². The summed E-state index contributed by atoms with van der Waals surface area (Å²) in [6, 6.07) is 4.08. The van der Waals surface area contributed by atoms with E-state index in [1.807, 2.05) is 26.8 Å². The van der Waals surface area contributed by atoms with Gasteiger partial charge in [0.2, 0.25) is 5.91 Å². The molecule has 1 aromatic rings. The molecule has 22 heavy (non-hydrogen) atoms. The van der Waals surface area contributed by atoms with Gasteiger partial charge in [-0.15, -0.1) is 0 Å². The zero-order valence-electron chi connectivity index (χ0n) is 14.2. The number of carbonyl (C=O) groups is 1. The van der Waals surface area contributed by atoms with Gasteiger partial charge in [-0.1, -0.05) is 33.8 Å². The average Bonchev–Trinajstić information content (AvgIpc) is 2.44. The van der Waals surface area contributed by atoms with E-state index in [2.05, 4.69) is 18.3 Å². The number of fused-ring (bicyclic) bond motifs is 1. The molecule has 0 aromatic heterocycles. The molecule has 0 spiro atoms. The van der Waals surface area contributed by atoms with Crippen molar-refractivity contribution in [2.24, 2.45) is 5.41 Å². The Morgan fingerprint density at radius 2 is 2.14 bits per heavy atom. The second-order valence-corrected chi connectivity index (χ2v) is 7.12. The number of hydrogen-bond acceptors (Lipinski definition) is 3. The molecule has 0 aliphatic carbocycles. The number of amides is 1. The zero-order valence-corrected chi connectivity index (χ0v) is 14.2. The largest absolute Gasteiger partial charge is 0.493 e. The fourth-order valence-corrected chi connectivity index (χ4v) is 2.87. The van der Waals surface area contributed by atoms with Gasteiger partial charge in [0.15, 0.2) is 0 Å². The zero-order chi connectivity index (χ0) is 16.5. The summed E-state index contributed by atoms with van der Waals surface area (Å²) in [5, 5.41) is 13.7. The minimum atomic E-state index is -0.608. The van der Waals surface area contributed by atoms with E-state index in [0.717, 1.165) is 35.3 Å². The van der Waals surface area contributed by atoms with Gasteiger partial charge in [0.25, 0.3) is 0 Å². The molecule has 0 bridgehead atoms. The van der Waals surface area contributed by atoms with E-state index in [1.165, 1.54) is 6.92 Å². The standard InChI is InChI=1S/C18H27NO3/c1-6-12-9-13-15(19-11(2)20)7-8-22-16(13)14(10-12)17(21)18(3,4)5/h9-10,15,17,21H,6-8H2,1-5H3,(H,19,20). The summed E-state index contributed by atoms with van der Waals surface area (Å²) in [5.74, 6) is 0.697. The summed E-state index contributed by atoms with van der Waals surface area (Å²) >= 11 is 0. The van der Waals surface area contributed by atoms with Gasteiger partial charge in [-0.3, -0.25) is 4.79 Å². The van der Waals surface area contributed by atoms with Crippen LogP contribution < -0.4 is 10.1 Å². The van der Waals surface area contributed by atoms with Crippen LogP contribution in [0.25, 0.3) is 0 Å². The molecule has 0 fully saturated rings. The van der Waals surface area contributed by atoms with Crippen molar-refractivity contribution in [3.05, 3.63) is 28.8 Å². The number of aliphatic hydroxyl groups excluding tert-OH is 1. The summed E-state index contributed by atoms with van der Waals surface area (Å²) in [5.41, 5.74) is 2.69. The highest BCUT2D eigenvalue weighted by Crippen LogP contribution is 2.43. The van der Waals surface area contributed by atoms with Crippen LogP contribution in [0.15, 0.2) is 12.1 Å². The summed E-state index contributed by atoms with van der Waals surface area (Å²) < 4.78 is 5.87. The minimum absolute atomic E-state index is 0.0429. The lowest BCUT2D eigenvalue weighted by atomic mass is 9.82. The second-order valence-electron chi connectivity index (χ2n) is 7.12. The number of benzene rings is 1. The number of carbonyl (C=O) groups excluding carboxylic acids is 1. The van der Waals surface area contributed by atoms with Crippen molar-refractivity contribution in [2.45, 2.75) is 59.6 Å². The smallest absolute Gasteiger partial charge is 0.217 e. The average molecular weight is 305 g/mol. The van der Waals surface area contributed by atoms with Crippen LogP contribution in [0.4, 0.5) is 0 Å². The molecule has 2 N–H and O–H groups in total. The molecule has 2 atom stereocenters. The molecule has 0 saturated heterocycles. The third kappa shape index (κ3) is 3.43. The number of nitrogens with one attached hydrogen (secondary N) is 1. The van der Waals surface area contributed by atoms with Gasteiger partial charge in [-0.25, -0.2) is 0 Å². The first-order valence-corrected chi connectivity index (χ1v) is 7.98. The molecular weight excluding hydrogens is 278 g/mol. The predicted molar refractivity (Wildman–Crippen MR) is 86.9 cm³/mol. The van der Waals surface area contributed by atoms with Crippen molar-refractivity contribution < 1.29 is 14.6 Å². The highest BCUT2D eigenvalue weighted by atomic mass is 16.5. The molecule has 4 nitrogen and oxygen atoms in total. The molecule has 2 rings (SSSR count). The lowest BCUT2D eigenvalue weighted by Gasteiger charge is -2.33. The molecule has 0 radical (unpaired) electrons. The third-order valence-electron chi connectivity index (χ3n) is 4.14. The van der Waals surface area contributed by atoms with Crippen LogP contribution in [0.1, 0.15) is 69.9 Å². The van der Waals surface area contributed by atoms with Gasteiger partial charge < -0.3 is 15.2 Å². The van der Waals surface area contributed by atoms with E-state index < -0.39 is 6.10 Å². The Hall–Kier alpha value is -1.55. The van der Waals surface area contributed by atoms with Crippen molar-refractivity contribution in [3.63, 3.8) is 0 Å². The van der Waals surface area contributed by atoms with E-state index in [-0.39, 0.29) is 17.4 Å². The summed E-state index contributed by atoms with van der Waals surface area (Å²) in [4.78, 5) is 11.5. The molecule has 1 aromatic carbocycles. The number of hydrogen-bond donors (Lipinski definition) is 2. The minimum Gasteiger partial charge on any atom is -0.493 e. The molecule has 1 aliphatic rings. The van der Waals surface area contributed by atoms with E-state index in [1.54, 1.807) is 0 Å². The SMILES string of the molecule is CCc1cc2c(c(C(O)C(C)(C)C)c1)OCCC2NC(C)=O. The van der Waals surface area contributed by atoms with Gasteiger partial charge >= 0.3 is 0 Å². The predicted octanol–water partition coefficient (Wildman–Crippen LogP) is 3.29. The van der Waals surface area contributed by atoms with Crippen LogP contribution in [-0.4, -0.2) is 17.6 Å². The molecule has 0 saturated carbocycles. The Bertz CT molecular complexity index is 560. The monoisotopic (exact) mass is 305 g/mol. The first kappa shape index (κ1) is 16.8. The first-order valence-electron chi connectivity index (χ1n) is 7.98. The van der Waals surface area contributed by atoms with E-state index in [0.29, 0.717) is 6.61 Å². The van der Waals surface area contributed by atoms with Crippen molar-refractivity contribution in [2.75, 3.05) is 6.61 Å². The van der Waals surface area contributed by atoms with Gasteiger partial charge in [0.05, 0.1) is 18.8 Å². The van der Waals surface area contributed by atoms with Crippen molar-refractivity contribution >= 4 is 5.91 Å². The number of aryl methyl sites for hydroxylation is 1. The Balaban J connectivity index is 2.54. The van der Waals surface area contributed by atoms with Gasteiger partial charge in [-0.2, -0.15) is 0 Å². The maximum atomic E-state index is 11.5. The highest BCUT2D eigenvalue weighted by Gasteiger charge is 2.32. The fraction of sp³-hybridized carbons (Fsp3) is 0.611. The molecule has 4 heteroatoms. The van der Waals surface area contributed by atoms with Crippen molar-refractivity contribution in [3.8, 4) is 5.75 Å². The lowest BCUT2D eigenvalue weighted by Crippen LogP contribution is -2.31. The van der Waals surface area contributed by atoms with Crippen LogP contribution in [0.5, 0.6) is 5.75 Å². The van der Waals surface area contributed by atoms with Crippen LogP contribution in [0.3, 0.4) is 0 Å². The fourth-order valence-electron chi connectivity index (χ4n) is 2.87. The van der Waals surface area contributed by atoms with Gasteiger partial charge in [-0.05, 0) is 23.5 Å². The van der Waals surface area contributed by atoms with Crippen molar-refractivity contribution in [1.82, 2.24) is 5.32 Å². The summed E-state index contributed by atoms with van der Waals surface area (Å²) in [6.45, 7) is 10.2. The molecule has 1 aliphatic heterocycles. The van der Waals surface area contributed by atoms with Gasteiger partial charge in [0.1, 0.15) is 5.75 Å². The number of ether oxygens (including phenoxy) is 1. The molecule has 2 unspecified atom stereocenters. The topological polar surface area (TPSA) is 58.6 Å². The number of aliphatic hydroxyl groups is 1. The normalized spacial score (nSPS) is 19.1. The van der Waals surface area contributed by atoms with Crippen LogP contribution in [0, 0.1) is 5.41 Å². The Morgan fingerprint density at radius 1 is 1.45 bits per heavy atom. The van der Waals surface area contributed by atoms with Crippen LogP contribution >= 0.6 is 0 Å². The van der Waals surface area contributed by atoms with E-state index in [9.17, 15) is 9.90 Å². The quantitative estimate of drug-likeness (QED) is 0.901. The third-order valence-corrected chi connectivity index (χ3v) is 4.14. The molecule has 1 amide bonds. The van der Waals surface area contributed by atoms with Crippen molar-refractivity contribution in [1.29, 1.82) is 0 Å². The Labute approximate surface area is 132 Å². The van der Waals surface area contributed by atoms with E-state index >= 15 is 0 Å². The first-order chi connectivity index (χ1) is 10.2. The molecule has 122 valence electrons. The number of rotatable bonds is 3. The Kier molecular flexibility index (Phi) is 4.81. The molecule has 1 heterocycles. The molecular formula is C18H27NO3.